The van der Waals surface area contributed by atoms with Crippen molar-refractivity contribution in [3.8, 4) is 0 Å². The number of ether oxygens (including phenoxy) is 2. The van der Waals surface area contributed by atoms with Crippen LogP contribution in [0.15, 0.2) is 28.7 Å². The van der Waals surface area contributed by atoms with E-state index in [1.165, 1.54) is 0 Å². The summed E-state index contributed by atoms with van der Waals surface area (Å²) in [5, 5.41) is 9.86. The predicted molar refractivity (Wildman–Crippen MR) is 64.2 cm³/mol. The van der Waals surface area contributed by atoms with Crippen molar-refractivity contribution in [1.29, 1.82) is 0 Å². The van der Waals surface area contributed by atoms with Crippen molar-refractivity contribution < 1.29 is 14.6 Å². The van der Waals surface area contributed by atoms with E-state index in [0.29, 0.717) is 26.1 Å². The average molecular weight is 287 g/mol. The quantitative estimate of drug-likeness (QED) is 0.922. The van der Waals surface area contributed by atoms with E-state index in [2.05, 4.69) is 15.9 Å². The topological polar surface area (TPSA) is 38.7 Å². The monoisotopic (exact) mass is 286 g/mol. The van der Waals surface area contributed by atoms with Crippen molar-refractivity contribution in [3.05, 3.63) is 34.3 Å². The second-order valence-electron chi connectivity index (χ2n) is 3.89. The molecule has 1 aliphatic rings. The Morgan fingerprint density at radius 1 is 1.25 bits per heavy atom. The zero-order chi connectivity index (χ0) is 11.4. The first-order valence-electron chi connectivity index (χ1n) is 5.40. The summed E-state index contributed by atoms with van der Waals surface area (Å²) in [6, 6.07) is 7.96. The molecule has 0 aliphatic carbocycles. The molecular weight excluding hydrogens is 272 g/mol. The summed E-state index contributed by atoms with van der Waals surface area (Å²) in [6.07, 6.45) is 0.529. The highest BCUT2D eigenvalue weighted by Gasteiger charge is 2.20. The van der Waals surface area contributed by atoms with Crippen molar-refractivity contribution >= 4 is 15.9 Å². The fourth-order valence-corrected chi connectivity index (χ4v) is 2.01. The van der Waals surface area contributed by atoms with Crippen LogP contribution >= 0.6 is 15.9 Å². The molecule has 1 aliphatic heterocycles. The number of aliphatic hydroxyl groups is 1. The molecule has 0 saturated carbocycles. The van der Waals surface area contributed by atoms with Crippen molar-refractivity contribution in [2.45, 2.75) is 25.2 Å². The third-order valence-corrected chi connectivity index (χ3v) is 3.07. The minimum absolute atomic E-state index is 0.231. The van der Waals surface area contributed by atoms with Crippen LogP contribution < -0.4 is 0 Å². The molecule has 0 bridgehead atoms. The molecule has 3 nitrogen and oxygen atoms in total. The summed E-state index contributed by atoms with van der Waals surface area (Å²) >= 11 is 3.38. The maximum atomic E-state index is 9.86. The third kappa shape index (κ3) is 3.56. The van der Waals surface area contributed by atoms with Crippen LogP contribution in [-0.4, -0.2) is 30.7 Å². The second kappa shape index (κ2) is 5.77. The Hall–Kier alpha value is -0.420. The van der Waals surface area contributed by atoms with Crippen molar-refractivity contribution in [3.63, 3.8) is 0 Å². The summed E-state index contributed by atoms with van der Waals surface area (Å²) in [7, 11) is 0. The van der Waals surface area contributed by atoms with E-state index in [9.17, 15) is 5.11 Å². The molecule has 88 valence electrons. The van der Waals surface area contributed by atoms with Gasteiger partial charge in [-0.25, -0.2) is 0 Å². The number of benzene rings is 1. The highest BCUT2D eigenvalue weighted by molar-refractivity contribution is 9.10. The molecule has 1 aromatic rings. The number of halogens is 1. The minimum atomic E-state index is -0.413. The predicted octanol–water partition coefficient (Wildman–Crippen LogP) is 2.12. The van der Waals surface area contributed by atoms with Crippen LogP contribution in [0.4, 0.5) is 0 Å². The molecule has 1 N–H and O–H groups in total. The molecule has 1 fully saturated rings. The van der Waals surface area contributed by atoms with Crippen LogP contribution in [0, 0.1) is 0 Å². The lowest BCUT2D eigenvalue weighted by Gasteiger charge is -2.14. The normalized spacial score (nSPS) is 18.9. The first-order chi connectivity index (χ1) is 7.74. The van der Waals surface area contributed by atoms with E-state index in [1.54, 1.807) is 0 Å². The summed E-state index contributed by atoms with van der Waals surface area (Å²) in [6.45, 7) is 1.27. The van der Waals surface area contributed by atoms with E-state index in [1.807, 2.05) is 24.3 Å². The maximum Gasteiger partial charge on any atom is 0.160 e. The Bertz CT molecular complexity index is 320. The zero-order valence-corrected chi connectivity index (χ0v) is 10.5. The maximum absolute atomic E-state index is 9.86. The average Bonchev–Trinajstić information content (AvgIpc) is 2.74. The van der Waals surface area contributed by atoms with Gasteiger partial charge in [-0.05, 0) is 24.1 Å². The van der Waals surface area contributed by atoms with E-state index in [4.69, 9.17) is 9.47 Å². The highest BCUT2D eigenvalue weighted by atomic mass is 79.9. The van der Waals surface area contributed by atoms with Crippen LogP contribution in [0.3, 0.4) is 0 Å². The lowest BCUT2D eigenvalue weighted by Crippen LogP contribution is -2.20. The molecule has 0 aromatic heterocycles. The molecule has 2 rings (SSSR count). The Morgan fingerprint density at radius 3 is 2.50 bits per heavy atom. The van der Waals surface area contributed by atoms with Gasteiger partial charge in [0.05, 0.1) is 19.3 Å². The van der Waals surface area contributed by atoms with Crippen LogP contribution in [0.5, 0.6) is 0 Å². The largest absolute Gasteiger partial charge is 0.393 e. The molecule has 1 saturated heterocycles. The van der Waals surface area contributed by atoms with Gasteiger partial charge in [-0.15, -0.1) is 0 Å². The molecule has 1 unspecified atom stereocenters. The van der Waals surface area contributed by atoms with Crippen molar-refractivity contribution in [1.82, 2.24) is 0 Å². The Kier molecular flexibility index (Phi) is 4.35. The van der Waals surface area contributed by atoms with Gasteiger partial charge in [0.2, 0.25) is 0 Å². The molecule has 0 amide bonds. The van der Waals surface area contributed by atoms with Gasteiger partial charge in [-0.3, -0.25) is 0 Å². The summed E-state index contributed by atoms with van der Waals surface area (Å²) in [5.74, 6) is 0. The molecule has 1 aromatic carbocycles. The number of hydrogen-bond acceptors (Lipinski definition) is 3. The number of hydrogen-bond donors (Lipinski definition) is 1. The van der Waals surface area contributed by atoms with Crippen LogP contribution in [0.2, 0.25) is 0 Å². The highest BCUT2D eigenvalue weighted by Crippen LogP contribution is 2.16. The summed E-state index contributed by atoms with van der Waals surface area (Å²) in [5.41, 5.74) is 1.12. The molecule has 0 spiro atoms. The van der Waals surface area contributed by atoms with Crippen LogP contribution in [-0.2, 0) is 15.9 Å². The fraction of sp³-hybridized carbons (Fsp3) is 0.500. The zero-order valence-electron chi connectivity index (χ0n) is 8.93. The number of rotatable bonds is 4. The second-order valence-corrected chi connectivity index (χ2v) is 4.81. The standard InChI is InChI=1S/C12H15BrO3/c13-10-3-1-9(2-4-10)7-11(14)8-12-15-5-6-16-12/h1-4,11-12,14H,5-8H2. The van der Waals surface area contributed by atoms with Crippen LogP contribution in [0.1, 0.15) is 12.0 Å². The van der Waals surface area contributed by atoms with Gasteiger partial charge in [0.1, 0.15) is 0 Å². The Morgan fingerprint density at radius 2 is 1.88 bits per heavy atom. The van der Waals surface area contributed by atoms with Crippen LogP contribution in [0.25, 0.3) is 0 Å². The fourth-order valence-electron chi connectivity index (χ4n) is 1.74. The molecule has 1 atom stereocenters. The first kappa shape index (κ1) is 12.0. The lowest BCUT2D eigenvalue weighted by molar-refractivity contribution is -0.0698. The van der Waals surface area contributed by atoms with Crippen molar-refractivity contribution in [2.24, 2.45) is 0 Å². The van der Waals surface area contributed by atoms with E-state index < -0.39 is 6.10 Å². The van der Waals surface area contributed by atoms with Gasteiger partial charge in [0.15, 0.2) is 6.29 Å². The molecular formula is C12H15BrO3. The lowest BCUT2D eigenvalue weighted by atomic mass is 10.1. The van der Waals surface area contributed by atoms with Gasteiger partial charge >= 0.3 is 0 Å². The molecule has 1 heterocycles. The first-order valence-corrected chi connectivity index (χ1v) is 6.19. The SMILES string of the molecule is OC(Cc1ccc(Br)cc1)CC1OCCO1. The number of aliphatic hydroxyl groups excluding tert-OH is 1. The van der Waals surface area contributed by atoms with E-state index >= 15 is 0 Å². The summed E-state index contributed by atoms with van der Waals surface area (Å²) < 4.78 is 11.6. The van der Waals surface area contributed by atoms with Gasteiger partial charge in [-0.2, -0.15) is 0 Å². The van der Waals surface area contributed by atoms with E-state index in [-0.39, 0.29) is 6.29 Å². The smallest absolute Gasteiger partial charge is 0.160 e. The van der Waals surface area contributed by atoms with Gasteiger partial charge < -0.3 is 14.6 Å². The Labute approximate surface area is 104 Å². The molecule has 4 heteroatoms. The van der Waals surface area contributed by atoms with Gasteiger partial charge in [0.25, 0.3) is 0 Å². The van der Waals surface area contributed by atoms with Gasteiger partial charge in [0, 0.05) is 10.9 Å². The van der Waals surface area contributed by atoms with Crippen molar-refractivity contribution in [2.75, 3.05) is 13.2 Å². The molecule has 16 heavy (non-hydrogen) atoms. The Balaban J connectivity index is 1.81. The molecule has 0 radical (unpaired) electrons. The minimum Gasteiger partial charge on any atom is -0.393 e. The third-order valence-electron chi connectivity index (χ3n) is 2.54. The summed E-state index contributed by atoms with van der Waals surface area (Å²) in [4.78, 5) is 0. The van der Waals surface area contributed by atoms with E-state index in [0.717, 1.165) is 10.0 Å². The van der Waals surface area contributed by atoms with Gasteiger partial charge in [-0.1, -0.05) is 28.1 Å².